The first-order valence-electron chi connectivity index (χ1n) is 23.8. The number of rotatable bonds is 6. The van der Waals surface area contributed by atoms with E-state index in [0.29, 0.717) is 166 Å². The summed E-state index contributed by atoms with van der Waals surface area (Å²) in [5.74, 6) is 7.99. The molecule has 0 saturated carbocycles. The summed E-state index contributed by atoms with van der Waals surface area (Å²) in [6.45, 7) is 2.41. The van der Waals surface area contributed by atoms with Gasteiger partial charge in [0.05, 0.1) is 82.3 Å². The average molecular weight is 937 g/mol. The molecule has 20 rings (SSSR count). The van der Waals surface area contributed by atoms with E-state index in [4.69, 9.17) is 56.8 Å². The van der Waals surface area contributed by atoms with E-state index in [0.717, 1.165) is 66.8 Å². The van der Waals surface area contributed by atoms with Crippen LogP contribution in [0.15, 0.2) is 72.8 Å². The standard InChI is InChI=1S/C57H60O12/c1-58-46-22-34-16-41-29-53-48(60-3)24-36(41)18-42-30-55-47(59-2)23-35(42)17-40(34)28-52(46)64-10-7-11-65-54-31-43-19-38-26-50(62-5)56(68-13-8-12-66-53)33-45(38)21-39-27-51(63-6)57(69-15-9-14-67-55)32-44(39)20-37(43)25-49(54)61-4/h22-33H,7-21H2,1-6H3. The molecule has 0 fully saturated rings. The van der Waals surface area contributed by atoms with Crippen molar-refractivity contribution in [1.29, 1.82) is 0 Å². The Labute approximate surface area is 404 Å². The molecule has 6 aromatic carbocycles. The fraction of sp³-hybridized carbons (Fsp3) is 0.368. The lowest BCUT2D eigenvalue weighted by atomic mass is 9.94. The largest absolute Gasteiger partial charge is 0.493 e. The molecule has 0 atom stereocenters. The maximum atomic E-state index is 6.57. The highest BCUT2D eigenvalue weighted by atomic mass is 16.5. The maximum absolute atomic E-state index is 6.57. The van der Waals surface area contributed by atoms with Gasteiger partial charge in [0.15, 0.2) is 69.0 Å². The lowest BCUT2D eigenvalue weighted by molar-refractivity contribution is 0.234. The van der Waals surface area contributed by atoms with Gasteiger partial charge in [-0.3, -0.25) is 0 Å². The number of benzene rings is 6. The molecular formula is C57H60O12. The third-order valence-electron chi connectivity index (χ3n) is 13.6. The molecule has 14 aliphatic rings. The van der Waals surface area contributed by atoms with Crippen molar-refractivity contribution in [2.45, 2.75) is 57.8 Å². The molecule has 18 bridgehead atoms. The van der Waals surface area contributed by atoms with Crippen molar-refractivity contribution in [3.05, 3.63) is 140 Å². The van der Waals surface area contributed by atoms with Gasteiger partial charge in [0, 0.05) is 19.3 Å². The zero-order valence-electron chi connectivity index (χ0n) is 40.4. The fourth-order valence-electron chi connectivity index (χ4n) is 9.97. The second-order valence-corrected chi connectivity index (χ2v) is 17.8. The van der Waals surface area contributed by atoms with Crippen molar-refractivity contribution in [3.8, 4) is 69.0 Å². The van der Waals surface area contributed by atoms with E-state index in [9.17, 15) is 0 Å². The van der Waals surface area contributed by atoms with Gasteiger partial charge in [-0.2, -0.15) is 0 Å². The summed E-state index contributed by atoms with van der Waals surface area (Å²) < 4.78 is 75.6. The summed E-state index contributed by atoms with van der Waals surface area (Å²) in [6.07, 6.45) is 5.61. The van der Waals surface area contributed by atoms with E-state index in [-0.39, 0.29) is 0 Å². The highest BCUT2D eigenvalue weighted by Gasteiger charge is 2.26. The zero-order valence-corrected chi connectivity index (χ0v) is 40.4. The van der Waals surface area contributed by atoms with Crippen LogP contribution in [0.3, 0.4) is 0 Å². The van der Waals surface area contributed by atoms with Crippen LogP contribution in [0.2, 0.25) is 0 Å². The zero-order chi connectivity index (χ0) is 47.4. The smallest absolute Gasteiger partial charge is 0.161 e. The Hall–Kier alpha value is -7.08. The summed E-state index contributed by atoms with van der Waals surface area (Å²) in [6, 6.07) is 25.4. The van der Waals surface area contributed by atoms with Crippen LogP contribution in [0, 0.1) is 0 Å². The van der Waals surface area contributed by atoms with Crippen LogP contribution < -0.4 is 56.8 Å². The van der Waals surface area contributed by atoms with Crippen molar-refractivity contribution in [3.63, 3.8) is 0 Å². The summed E-state index contributed by atoms with van der Waals surface area (Å²) in [5.41, 5.74) is 13.4. The van der Waals surface area contributed by atoms with Crippen LogP contribution in [-0.2, 0) is 38.5 Å². The van der Waals surface area contributed by atoms with E-state index in [1.54, 1.807) is 42.7 Å². The van der Waals surface area contributed by atoms with Gasteiger partial charge >= 0.3 is 0 Å². The molecular weight excluding hydrogens is 877 g/mol. The van der Waals surface area contributed by atoms with E-state index in [1.807, 2.05) is 0 Å². The van der Waals surface area contributed by atoms with E-state index in [2.05, 4.69) is 72.8 Å². The van der Waals surface area contributed by atoms with Crippen molar-refractivity contribution in [2.75, 3.05) is 82.3 Å². The molecule has 12 aliphatic heterocycles. The summed E-state index contributed by atoms with van der Waals surface area (Å²) in [4.78, 5) is 0. The number of methoxy groups -OCH3 is 6. The van der Waals surface area contributed by atoms with Gasteiger partial charge in [-0.1, -0.05) is 0 Å². The average Bonchev–Trinajstić information content (AvgIpc) is 3.45. The second-order valence-electron chi connectivity index (χ2n) is 17.8. The normalized spacial score (nSPS) is 15.2. The van der Waals surface area contributed by atoms with E-state index >= 15 is 0 Å². The monoisotopic (exact) mass is 936 g/mol. The van der Waals surface area contributed by atoms with Crippen molar-refractivity contribution in [1.82, 2.24) is 0 Å². The predicted molar refractivity (Wildman–Crippen MR) is 262 cm³/mol. The quantitative estimate of drug-likeness (QED) is 0.158. The van der Waals surface area contributed by atoms with Gasteiger partial charge in [0.25, 0.3) is 0 Å². The molecule has 0 N–H and O–H groups in total. The van der Waals surface area contributed by atoms with Crippen LogP contribution >= 0.6 is 0 Å². The molecule has 12 heteroatoms. The third kappa shape index (κ3) is 9.54. The SMILES string of the molecule is COc1cc2c3cc1OCCCOc1cc4c(cc1OC)Cc1cc5c(OC)cc1Cc1cc(c(OC)cc1C4)OCCCOc1cc(c(cc1OC)Cc1cc(c(OC)cc1C3)OCCCO5)C2. The van der Waals surface area contributed by atoms with Crippen molar-refractivity contribution < 1.29 is 56.8 Å². The van der Waals surface area contributed by atoms with E-state index in [1.165, 1.54) is 0 Å². The molecule has 12 nitrogen and oxygen atoms in total. The van der Waals surface area contributed by atoms with Gasteiger partial charge < -0.3 is 56.8 Å². The molecule has 0 aromatic heterocycles. The van der Waals surface area contributed by atoms with Crippen LogP contribution in [0.4, 0.5) is 0 Å². The first-order chi connectivity index (χ1) is 33.8. The molecule has 0 unspecified atom stereocenters. The first kappa shape index (κ1) is 45.7. The fourth-order valence-corrected chi connectivity index (χ4v) is 9.97. The molecule has 12 heterocycles. The summed E-state index contributed by atoms with van der Waals surface area (Å²) in [5, 5.41) is 0. The Kier molecular flexibility index (Phi) is 13.4. The second kappa shape index (κ2) is 20.3. The Bertz CT molecular complexity index is 2370. The summed E-state index contributed by atoms with van der Waals surface area (Å²) >= 11 is 0. The minimum absolute atomic E-state index is 0.402. The summed E-state index contributed by atoms with van der Waals surface area (Å²) in [7, 11) is 10.1. The molecule has 69 heavy (non-hydrogen) atoms. The minimum atomic E-state index is 0.402. The Morgan fingerprint density at radius 1 is 0.232 bits per heavy atom. The molecule has 6 aromatic rings. The topological polar surface area (TPSA) is 111 Å². The minimum Gasteiger partial charge on any atom is -0.493 e. The Morgan fingerprint density at radius 3 is 0.522 bits per heavy atom. The molecule has 0 radical (unpaired) electrons. The van der Waals surface area contributed by atoms with Gasteiger partial charge in [-0.25, -0.2) is 0 Å². The van der Waals surface area contributed by atoms with Crippen LogP contribution in [0.1, 0.15) is 86.0 Å². The highest BCUT2D eigenvalue weighted by Crippen LogP contribution is 2.44. The highest BCUT2D eigenvalue weighted by molar-refractivity contribution is 5.60. The Morgan fingerprint density at radius 2 is 0.377 bits per heavy atom. The molecule has 0 spiro atoms. The van der Waals surface area contributed by atoms with Gasteiger partial charge in [-0.15, -0.1) is 0 Å². The van der Waals surface area contributed by atoms with Gasteiger partial charge in [-0.05, 0) is 178 Å². The van der Waals surface area contributed by atoms with Crippen LogP contribution in [-0.4, -0.2) is 82.3 Å². The lowest BCUT2D eigenvalue weighted by Crippen LogP contribution is -2.09. The number of hydrogen-bond acceptors (Lipinski definition) is 12. The molecule has 2 aliphatic carbocycles. The maximum Gasteiger partial charge on any atom is 0.161 e. The molecule has 360 valence electrons. The molecule has 0 saturated heterocycles. The number of hydrogen-bond donors (Lipinski definition) is 0. The first-order valence-corrected chi connectivity index (χ1v) is 23.8. The predicted octanol–water partition coefficient (Wildman–Crippen LogP) is 10.1. The number of ether oxygens (including phenoxy) is 12. The Balaban J connectivity index is 1.15. The lowest BCUT2D eigenvalue weighted by Gasteiger charge is -2.19. The molecule has 0 amide bonds. The van der Waals surface area contributed by atoms with Gasteiger partial charge in [0.1, 0.15) is 0 Å². The van der Waals surface area contributed by atoms with Crippen LogP contribution in [0.5, 0.6) is 69.0 Å². The van der Waals surface area contributed by atoms with E-state index < -0.39 is 0 Å². The van der Waals surface area contributed by atoms with Crippen molar-refractivity contribution in [2.24, 2.45) is 0 Å². The third-order valence-corrected chi connectivity index (χ3v) is 13.6. The van der Waals surface area contributed by atoms with Crippen LogP contribution in [0.25, 0.3) is 0 Å². The van der Waals surface area contributed by atoms with Gasteiger partial charge in [0.2, 0.25) is 0 Å². The van der Waals surface area contributed by atoms with Crippen molar-refractivity contribution >= 4 is 0 Å².